The number of halogens is 1. The van der Waals surface area contributed by atoms with Gasteiger partial charge in [-0.05, 0) is 25.8 Å². The molecule has 0 saturated carbocycles. The molecule has 27 heavy (non-hydrogen) atoms. The van der Waals surface area contributed by atoms with Gasteiger partial charge in [-0.1, -0.05) is 18.2 Å². The first-order chi connectivity index (χ1) is 12.9. The molecule has 142 valence electrons. The number of aromatic nitrogens is 1. The number of amides is 2. The van der Waals surface area contributed by atoms with Gasteiger partial charge in [0, 0.05) is 32.0 Å². The minimum atomic E-state index is -0.522. The van der Waals surface area contributed by atoms with Gasteiger partial charge in [0.2, 0.25) is 5.91 Å². The van der Waals surface area contributed by atoms with Crippen LogP contribution >= 0.6 is 0 Å². The standard InChI is InChI=1S/C20H22FN3O3/c1-13-22-16(12-27-13)19(26)23-10-9-20(2)17(23)7-8-18(25)24(20)11-14-5-3-4-6-15(14)21/h3-6,12,17H,7-11H2,1-2H3/t17-,20-/m0/s1. The Morgan fingerprint density at radius 1 is 1.41 bits per heavy atom. The van der Waals surface area contributed by atoms with Crippen LogP contribution in [0.3, 0.4) is 0 Å². The summed E-state index contributed by atoms with van der Waals surface area (Å²) in [6, 6.07) is 6.39. The molecule has 2 atom stereocenters. The molecule has 2 aliphatic heterocycles. The lowest BCUT2D eigenvalue weighted by Crippen LogP contribution is -2.60. The molecule has 0 unspecified atom stereocenters. The van der Waals surface area contributed by atoms with Gasteiger partial charge in [-0.25, -0.2) is 9.37 Å². The molecule has 2 aromatic rings. The van der Waals surface area contributed by atoms with Gasteiger partial charge in [0.25, 0.3) is 5.91 Å². The second-order valence-corrected chi connectivity index (χ2v) is 7.48. The molecule has 1 aromatic carbocycles. The fraction of sp³-hybridized carbons (Fsp3) is 0.450. The number of nitrogens with zero attached hydrogens (tertiary/aromatic N) is 3. The molecule has 0 bridgehead atoms. The van der Waals surface area contributed by atoms with Gasteiger partial charge >= 0.3 is 0 Å². The molecule has 6 nitrogen and oxygen atoms in total. The number of piperidine rings is 1. The van der Waals surface area contributed by atoms with E-state index in [-0.39, 0.29) is 35.9 Å². The number of likely N-dealkylation sites (tertiary alicyclic amines) is 2. The average molecular weight is 371 g/mol. The van der Waals surface area contributed by atoms with Crippen LogP contribution in [0.15, 0.2) is 34.9 Å². The Morgan fingerprint density at radius 2 is 2.19 bits per heavy atom. The maximum absolute atomic E-state index is 14.1. The van der Waals surface area contributed by atoms with Crippen LogP contribution in [0.1, 0.15) is 48.1 Å². The lowest BCUT2D eigenvalue weighted by molar-refractivity contribution is -0.144. The average Bonchev–Trinajstić information content (AvgIpc) is 3.22. The van der Waals surface area contributed by atoms with E-state index in [1.54, 1.807) is 34.9 Å². The number of benzene rings is 1. The second kappa shape index (κ2) is 6.48. The normalized spacial score (nSPS) is 25.0. The second-order valence-electron chi connectivity index (χ2n) is 7.48. The topological polar surface area (TPSA) is 66.7 Å². The number of aryl methyl sites for hydroxylation is 1. The maximum atomic E-state index is 14.1. The largest absolute Gasteiger partial charge is 0.448 e. The van der Waals surface area contributed by atoms with Crippen molar-refractivity contribution in [2.24, 2.45) is 0 Å². The van der Waals surface area contributed by atoms with E-state index in [0.717, 1.165) is 0 Å². The number of carbonyl (C=O) groups is 2. The zero-order chi connectivity index (χ0) is 19.2. The molecule has 2 amide bonds. The third-order valence-electron chi connectivity index (χ3n) is 5.89. The van der Waals surface area contributed by atoms with E-state index in [0.29, 0.717) is 37.3 Å². The highest BCUT2D eigenvalue weighted by atomic mass is 19.1. The lowest BCUT2D eigenvalue weighted by Gasteiger charge is -2.47. The van der Waals surface area contributed by atoms with Crippen molar-refractivity contribution in [3.63, 3.8) is 0 Å². The van der Waals surface area contributed by atoms with Crippen molar-refractivity contribution in [2.45, 2.75) is 51.2 Å². The molecule has 2 aliphatic rings. The lowest BCUT2D eigenvalue weighted by atomic mass is 9.83. The Kier molecular flexibility index (Phi) is 4.25. The molecule has 3 heterocycles. The van der Waals surface area contributed by atoms with Crippen LogP contribution in [-0.2, 0) is 11.3 Å². The summed E-state index contributed by atoms with van der Waals surface area (Å²) in [5.41, 5.74) is 0.255. The fourth-order valence-electron chi connectivity index (χ4n) is 4.38. The molecule has 2 fully saturated rings. The first-order valence-corrected chi connectivity index (χ1v) is 9.17. The van der Waals surface area contributed by atoms with E-state index in [2.05, 4.69) is 4.98 Å². The van der Waals surface area contributed by atoms with Crippen molar-refractivity contribution in [3.05, 3.63) is 53.5 Å². The quantitative estimate of drug-likeness (QED) is 0.832. The highest BCUT2D eigenvalue weighted by molar-refractivity contribution is 5.93. The maximum Gasteiger partial charge on any atom is 0.276 e. The zero-order valence-electron chi connectivity index (χ0n) is 15.4. The third-order valence-corrected chi connectivity index (χ3v) is 5.89. The smallest absolute Gasteiger partial charge is 0.276 e. The van der Waals surface area contributed by atoms with Gasteiger partial charge in [-0.3, -0.25) is 9.59 Å². The van der Waals surface area contributed by atoms with Crippen molar-refractivity contribution in [3.8, 4) is 0 Å². The fourth-order valence-corrected chi connectivity index (χ4v) is 4.38. The first-order valence-electron chi connectivity index (χ1n) is 9.17. The summed E-state index contributed by atoms with van der Waals surface area (Å²) in [6.45, 7) is 4.44. The predicted molar refractivity (Wildman–Crippen MR) is 95.3 cm³/mol. The summed E-state index contributed by atoms with van der Waals surface area (Å²) < 4.78 is 19.3. The van der Waals surface area contributed by atoms with Crippen molar-refractivity contribution in [1.82, 2.24) is 14.8 Å². The van der Waals surface area contributed by atoms with Gasteiger partial charge in [0.1, 0.15) is 12.1 Å². The van der Waals surface area contributed by atoms with E-state index in [1.165, 1.54) is 12.3 Å². The predicted octanol–water partition coefficient (Wildman–Crippen LogP) is 2.92. The van der Waals surface area contributed by atoms with Gasteiger partial charge in [0.05, 0.1) is 11.6 Å². The van der Waals surface area contributed by atoms with Crippen molar-refractivity contribution in [1.29, 1.82) is 0 Å². The van der Waals surface area contributed by atoms with Crippen LogP contribution in [0.25, 0.3) is 0 Å². The Bertz CT molecular complexity index is 896. The third kappa shape index (κ3) is 2.91. The molecular weight excluding hydrogens is 349 g/mol. The van der Waals surface area contributed by atoms with Gasteiger partial charge in [-0.2, -0.15) is 0 Å². The van der Waals surface area contributed by atoms with Crippen LogP contribution in [0, 0.1) is 12.7 Å². The summed E-state index contributed by atoms with van der Waals surface area (Å²) >= 11 is 0. The Balaban J connectivity index is 1.61. The SMILES string of the molecule is Cc1nc(C(=O)N2CC[C@@]3(C)[C@@H]2CCC(=O)N3Cc2ccccc2F)co1. The summed E-state index contributed by atoms with van der Waals surface area (Å²) in [6.07, 6.45) is 2.97. The highest BCUT2D eigenvalue weighted by Crippen LogP contribution is 2.42. The molecule has 4 rings (SSSR count). The summed E-state index contributed by atoms with van der Waals surface area (Å²) in [4.78, 5) is 33.3. The monoisotopic (exact) mass is 371 g/mol. The number of hydrogen-bond acceptors (Lipinski definition) is 4. The van der Waals surface area contributed by atoms with Gasteiger partial charge in [-0.15, -0.1) is 0 Å². The van der Waals surface area contributed by atoms with E-state index in [4.69, 9.17) is 4.42 Å². The highest BCUT2D eigenvalue weighted by Gasteiger charge is 2.53. The van der Waals surface area contributed by atoms with Crippen LogP contribution in [0.2, 0.25) is 0 Å². The summed E-state index contributed by atoms with van der Waals surface area (Å²) in [5.74, 6) is -0.0512. The van der Waals surface area contributed by atoms with E-state index < -0.39 is 5.54 Å². The van der Waals surface area contributed by atoms with Crippen LogP contribution in [0.4, 0.5) is 4.39 Å². The molecule has 0 N–H and O–H groups in total. The molecule has 1 aromatic heterocycles. The van der Waals surface area contributed by atoms with Crippen molar-refractivity contribution in [2.75, 3.05) is 6.54 Å². The van der Waals surface area contributed by atoms with E-state index in [9.17, 15) is 14.0 Å². The minimum absolute atomic E-state index is 0.00332. The van der Waals surface area contributed by atoms with Crippen LogP contribution in [-0.4, -0.2) is 44.7 Å². The van der Waals surface area contributed by atoms with Gasteiger partial charge in [0.15, 0.2) is 11.6 Å². The van der Waals surface area contributed by atoms with Crippen LogP contribution in [0.5, 0.6) is 0 Å². The zero-order valence-corrected chi connectivity index (χ0v) is 15.4. The Labute approximate surface area is 157 Å². The Hall–Kier alpha value is -2.70. The molecule has 7 heteroatoms. The number of rotatable bonds is 3. The summed E-state index contributed by atoms with van der Waals surface area (Å²) in [5, 5.41) is 0. The molecule has 2 saturated heterocycles. The molecule has 0 aliphatic carbocycles. The van der Waals surface area contributed by atoms with E-state index >= 15 is 0 Å². The van der Waals surface area contributed by atoms with Crippen molar-refractivity contribution < 1.29 is 18.4 Å². The molecular formula is C20H22FN3O3. The summed E-state index contributed by atoms with van der Waals surface area (Å²) in [7, 11) is 0. The number of carbonyl (C=O) groups excluding carboxylic acids is 2. The number of hydrogen-bond donors (Lipinski definition) is 0. The molecule has 0 radical (unpaired) electrons. The molecule has 0 spiro atoms. The number of oxazole rings is 1. The minimum Gasteiger partial charge on any atom is -0.448 e. The Morgan fingerprint density at radius 3 is 2.89 bits per heavy atom. The number of fused-ring (bicyclic) bond motifs is 1. The van der Waals surface area contributed by atoms with Gasteiger partial charge < -0.3 is 14.2 Å². The van der Waals surface area contributed by atoms with Crippen LogP contribution < -0.4 is 0 Å². The van der Waals surface area contributed by atoms with E-state index in [1.807, 2.05) is 6.92 Å². The first kappa shape index (κ1) is 17.7. The van der Waals surface area contributed by atoms with Crippen molar-refractivity contribution >= 4 is 11.8 Å².